The fraction of sp³-hybridized carbons (Fsp3) is 0.167. The number of hydrogen-bond donors (Lipinski definition) is 2. The summed E-state index contributed by atoms with van der Waals surface area (Å²) >= 11 is 0. The van der Waals surface area contributed by atoms with Crippen LogP contribution in [-0.4, -0.2) is 23.0 Å². The molecule has 0 saturated heterocycles. The number of carboxylic acid groups (broad SMARTS) is 1. The van der Waals surface area contributed by atoms with Crippen molar-refractivity contribution in [3.8, 4) is 0 Å². The zero-order chi connectivity index (χ0) is 13.7. The van der Waals surface area contributed by atoms with E-state index in [9.17, 15) is 18.4 Å². The van der Waals surface area contributed by atoms with Crippen molar-refractivity contribution in [2.24, 2.45) is 0 Å². The highest BCUT2D eigenvalue weighted by molar-refractivity contribution is 5.96. The van der Waals surface area contributed by atoms with E-state index in [4.69, 9.17) is 5.11 Å². The molecule has 1 rings (SSSR count). The molecule has 1 amide bonds. The number of halogens is 2. The second-order valence-corrected chi connectivity index (χ2v) is 3.51. The molecule has 1 aromatic rings. The third-order valence-corrected chi connectivity index (χ3v) is 2.18. The van der Waals surface area contributed by atoms with Crippen molar-refractivity contribution in [1.82, 2.24) is 5.32 Å². The smallest absolute Gasteiger partial charge is 0.326 e. The fourth-order valence-corrected chi connectivity index (χ4v) is 1.30. The molecular formula is C12H11F2NO3. The Labute approximate surface area is 102 Å². The van der Waals surface area contributed by atoms with Crippen molar-refractivity contribution in [2.75, 3.05) is 0 Å². The number of hydrogen-bond acceptors (Lipinski definition) is 2. The minimum atomic E-state index is -1.26. The average molecular weight is 255 g/mol. The summed E-state index contributed by atoms with van der Waals surface area (Å²) in [6.45, 7) is 3.35. The Morgan fingerprint density at radius 1 is 1.44 bits per heavy atom. The van der Waals surface area contributed by atoms with E-state index in [-0.39, 0.29) is 6.42 Å². The first-order valence-electron chi connectivity index (χ1n) is 5.05. The molecule has 0 spiro atoms. The van der Waals surface area contributed by atoms with Crippen molar-refractivity contribution in [2.45, 2.75) is 12.5 Å². The number of aliphatic carboxylic acids is 1. The van der Waals surface area contributed by atoms with Crippen molar-refractivity contribution >= 4 is 11.9 Å². The fourth-order valence-electron chi connectivity index (χ4n) is 1.30. The minimum Gasteiger partial charge on any atom is -0.480 e. The third-order valence-electron chi connectivity index (χ3n) is 2.18. The zero-order valence-electron chi connectivity index (χ0n) is 9.32. The number of carbonyl (C=O) groups is 2. The van der Waals surface area contributed by atoms with Crippen LogP contribution in [0.1, 0.15) is 16.8 Å². The van der Waals surface area contributed by atoms with Gasteiger partial charge in [0.15, 0.2) is 0 Å². The lowest BCUT2D eigenvalue weighted by molar-refractivity contribution is -0.139. The number of carboxylic acids is 1. The summed E-state index contributed by atoms with van der Waals surface area (Å²) in [5, 5.41) is 10.9. The van der Waals surface area contributed by atoms with E-state index in [1.165, 1.54) is 6.08 Å². The predicted molar refractivity (Wildman–Crippen MR) is 60.1 cm³/mol. The van der Waals surface area contributed by atoms with Gasteiger partial charge in [-0.3, -0.25) is 4.79 Å². The standard InChI is InChI=1S/C12H11F2NO3/c1-2-3-10(12(17)18)15-11(16)8-5-4-7(13)6-9(8)14/h2,4-6,10H,1,3H2,(H,15,16)(H,17,18)/t10-/m0/s1. The van der Waals surface area contributed by atoms with Gasteiger partial charge < -0.3 is 10.4 Å². The lowest BCUT2D eigenvalue weighted by atomic mass is 10.1. The maximum absolute atomic E-state index is 13.3. The third kappa shape index (κ3) is 3.38. The van der Waals surface area contributed by atoms with Crippen LogP contribution in [0.2, 0.25) is 0 Å². The summed E-state index contributed by atoms with van der Waals surface area (Å²) in [6, 6.07) is 1.23. The van der Waals surface area contributed by atoms with Crippen LogP contribution in [0.5, 0.6) is 0 Å². The molecule has 0 aliphatic heterocycles. The maximum atomic E-state index is 13.3. The Kier molecular flexibility index (Phi) is 4.53. The van der Waals surface area contributed by atoms with E-state index >= 15 is 0 Å². The molecule has 18 heavy (non-hydrogen) atoms. The van der Waals surface area contributed by atoms with Gasteiger partial charge in [-0.1, -0.05) is 6.08 Å². The monoisotopic (exact) mass is 255 g/mol. The summed E-state index contributed by atoms with van der Waals surface area (Å²) in [6.07, 6.45) is 1.32. The normalized spacial score (nSPS) is 11.7. The van der Waals surface area contributed by atoms with Gasteiger partial charge in [-0.25, -0.2) is 13.6 Å². The highest BCUT2D eigenvalue weighted by Gasteiger charge is 2.21. The molecule has 2 N–H and O–H groups in total. The quantitative estimate of drug-likeness (QED) is 0.787. The zero-order valence-corrected chi connectivity index (χ0v) is 9.32. The molecular weight excluding hydrogens is 244 g/mol. The van der Waals surface area contributed by atoms with Crippen LogP contribution in [0.25, 0.3) is 0 Å². The number of rotatable bonds is 5. The van der Waals surface area contributed by atoms with Crippen molar-refractivity contribution < 1.29 is 23.5 Å². The average Bonchev–Trinajstić information content (AvgIpc) is 2.27. The van der Waals surface area contributed by atoms with Crippen LogP contribution in [0, 0.1) is 11.6 Å². The molecule has 0 aromatic heterocycles. The number of carbonyl (C=O) groups excluding carboxylic acids is 1. The highest BCUT2D eigenvalue weighted by atomic mass is 19.1. The Balaban J connectivity index is 2.86. The second kappa shape index (κ2) is 5.90. The molecule has 1 atom stereocenters. The van der Waals surface area contributed by atoms with E-state index in [1.807, 2.05) is 0 Å². The van der Waals surface area contributed by atoms with E-state index in [1.54, 1.807) is 0 Å². The molecule has 1 aromatic carbocycles. The van der Waals surface area contributed by atoms with Crippen molar-refractivity contribution in [3.05, 3.63) is 48.1 Å². The summed E-state index contributed by atoms with van der Waals surface area (Å²) in [4.78, 5) is 22.4. The first kappa shape index (κ1) is 13.8. The second-order valence-electron chi connectivity index (χ2n) is 3.51. The van der Waals surface area contributed by atoms with E-state index in [0.717, 1.165) is 12.1 Å². The SMILES string of the molecule is C=CC[C@H](NC(=O)c1ccc(F)cc1F)C(=O)O. The summed E-state index contributed by atoms with van der Waals surface area (Å²) in [5.74, 6) is -4.03. The van der Waals surface area contributed by atoms with Crippen LogP contribution in [0.15, 0.2) is 30.9 Å². The van der Waals surface area contributed by atoms with Gasteiger partial charge in [0.2, 0.25) is 0 Å². The Morgan fingerprint density at radius 2 is 2.11 bits per heavy atom. The predicted octanol–water partition coefficient (Wildman–Crippen LogP) is 1.72. The maximum Gasteiger partial charge on any atom is 0.326 e. The van der Waals surface area contributed by atoms with E-state index < -0.39 is 35.1 Å². The molecule has 0 bridgehead atoms. The summed E-state index contributed by atoms with van der Waals surface area (Å²) in [7, 11) is 0. The summed E-state index contributed by atoms with van der Waals surface area (Å²) < 4.78 is 25.9. The molecule has 0 fully saturated rings. The van der Waals surface area contributed by atoms with Gasteiger partial charge >= 0.3 is 5.97 Å². The molecule has 0 heterocycles. The Hall–Kier alpha value is -2.24. The lowest BCUT2D eigenvalue weighted by Gasteiger charge is -2.12. The van der Waals surface area contributed by atoms with Gasteiger partial charge in [0.1, 0.15) is 17.7 Å². The first-order chi connectivity index (χ1) is 8.45. The molecule has 4 nitrogen and oxygen atoms in total. The number of benzene rings is 1. The van der Waals surface area contributed by atoms with Crippen LogP contribution in [0.3, 0.4) is 0 Å². The van der Waals surface area contributed by atoms with Crippen molar-refractivity contribution in [3.63, 3.8) is 0 Å². The Bertz CT molecular complexity index is 488. The van der Waals surface area contributed by atoms with Crippen molar-refractivity contribution in [1.29, 1.82) is 0 Å². The number of nitrogens with one attached hydrogen (secondary N) is 1. The molecule has 0 radical (unpaired) electrons. The molecule has 0 saturated carbocycles. The van der Waals surface area contributed by atoms with Gasteiger partial charge in [-0.15, -0.1) is 6.58 Å². The molecule has 0 aliphatic rings. The molecule has 0 unspecified atom stereocenters. The molecule has 0 aliphatic carbocycles. The van der Waals surface area contributed by atoms with Gasteiger partial charge in [0.25, 0.3) is 5.91 Å². The number of amides is 1. The molecule has 96 valence electrons. The van der Waals surface area contributed by atoms with E-state index in [0.29, 0.717) is 6.07 Å². The summed E-state index contributed by atoms with van der Waals surface area (Å²) in [5.41, 5.74) is -0.410. The van der Waals surface area contributed by atoms with Crippen LogP contribution < -0.4 is 5.32 Å². The highest BCUT2D eigenvalue weighted by Crippen LogP contribution is 2.10. The molecule has 6 heteroatoms. The first-order valence-corrected chi connectivity index (χ1v) is 5.05. The van der Waals surface area contributed by atoms with Gasteiger partial charge in [0, 0.05) is 6.07 Å². The van der Waals surface area contributed by atoms with Crippen LogP contribution in [0.4, 0.5) is 8.78 Å². The minimum absolute atomic E-state index is 0.00386. The lowest BCUT2D eigenvalue weighted by Crippen LogP contribution is -2.40. The largest absolute Gasteiger partial charge is 0.480 e. The van der Waals surface area contributed by atoms with Gasteiger partial charge in [-0.05, 0) is 18.6 Å². The topological polar surface area (TPSA) is 66.4 Å². The van der Waals surface area contributed by atoms with E-state index in [2.05, 4.69) is 11.9 Å². The van der Waals surface area contributed by atoms with Gasteiger partial charge in [-0.2, -0.15) is 0 Å². The van der Waals surface area contributed by atoms with Gasteiger partial charge in [0.05, 0.1) is 5.56 Å². The Morgan fingerprint density at radius 3 is 2.61 bits per heavy atom. The van der Waals surface area contributed by atoms with Crippen LogP contribution in [-0.2, 0) is 4.79 Å². The van der Waals surface area contributed by atoms with Crippen LogP contribution >= 0.6 is 0 Å².